The molecule has 32 heavy (non-hydrogen) atoms. The Morgan fingerprint density at radius 3 is 2.69 bits per heavy atom. The van der Waals surface area contributed by atoms with E-state index in [4.69, 9.17) is 10.5 Å². The van der Waals surface area contributed by atoms with Crippen molar-refractivity contribution in [3.05, 3.63) is 71.0 Å². The maximum absolute atomic E-state index is 13.9. The molecule has 2 aromatic carbocycles. The zero-order chi connectivity index (χ0) is 23.0. The minimum Gasteiger partial charge on any atom is -0.497 e. The summed E-state index contributed by atoms with van der Waals surface area (Å²) >= 11 is 0. The van der Waals surface area contributed by atoms with Gasteiger partial charge >= 0.3 is 6.03 Å². The number of amides is 4. The molecule has 2 aliphatic heterocycles. The standard InChI is InChI=1S/C23H23FN4O4/c1-13(25)17-9-14(3-6-19(17)24)7-8-23(21(30)26-22(31)27-23)12-28-11-15-4-5-16(32-2)10-18(15)20(28)29/h3-6,9-10H,1,7-8,11-12,25H2,2H3,(H2,26,27,30,31)/t23-/m1/s1. The van der Waals surface area contributed by atoms with Crippen LogP contribution in [0.5, 0.6) is 5.75 Å². The number of nitrogens with two attached hydrogens (primary N) is 1. The average molecular weight is 438 g/mol. The van der Waals surface area contributed by atoms with Crippen molar-refractivity contribution >= 4 is 23.5 Å². The molecule has 4 N–H and O–H groups in total. The van der Waals surface area contributed by atoms with Gasteiger partial charge in [-0.25, -0.2) is 9.18 Å². The third-order valence-corrected chi connectivity index (χ3v) is 5.89. The van der Waals surface area contributed by atoms with Crippen LogP contribution >= 0.6 is 0 Å². The van der Waals surface area contributed by atoms with Gasteiger partial charge < -0.3 is 20.7 Å². The smallest absolute Gasteiger partial charge is 0.322 e. The first-order valence-corrected chi connectivity index (χ1v) is 10.1. The van der Waals surface area contributed by atoms with Crippen LogP contribution in [-0.2, 0) is 17.8 Å². The quantitative estimate of drug-likeness (QED) is 0.572. The Morgan fingerprint density at radius 1 is 1.25 bits per heavy atom. The van der Waals surface area contributed by atoms with E-state index in [2.05, 4.69) is 17.2 Å². The third kappa shape index (κ3) is 3.77. The lowest BCUT2D eigenvalue weighted by Crippen LogP contribution is -2.55. The SMILES string of the molecule is C=C(N)c1cc(CC[C@]2(CN3Cc4ccc(OC)cc4C3=O)NC(=O)NC2=O)ccc1F. The molecule has 166 valence electrons. The molecule has 0 aromatic heterocycles. The summed E-state index contributed by atoms with van der Waals surface area (Å²) in [6, 6.07) is 9.08. The maximum Gasteiger partial charge on any atom is 0.322 e. The number of methoxy groups -OCH3 is 1. The first-order chi connectivity index (χ1) is 15.2. The largest absolute Gasteiger partial charge is 0.497 e. The molecule has 2 heterocycles. The number of hydrogen-bond donors (Lipinski definition) is 3. The molecule has 0 aliphatic carbocycles. The molecule has 0 radical (unpaired) electrons. The van der Waals surface area contributed by atoms with Crippen LogP contribution in [0.3, 0.4) is 0 Å². The summed E-state index contributed by atoms with van der Waals surface area (Å²) in [6.07, 6.45) is 0.549. The van der Waals surface area contributed by atoms with Crippen molar-refractivity contribution in [2.75, 3.05) is 13.7 Å². The van der Waals surface area contributed by atoms with Crippen LogP contribution in [0.15, 0.2) is 43.0 Å². The molecular weight excluding hydrogens is 415 g/mol. The number of carbonyl (C=O) groups excluding carboxylic acids is 3. The van der Waals surface area contributed by atoms with Gasteiger partial charge in [0.15, 0.2) is 0 Å². The zero-order valence-electron chi connectivity index (χ0n) is 17.5. The molecule has 2 aliphatic rings. The molecule has 1 saturated heterocycles. The van der Waals surface area contributed by atoms with E-state index in [0.717, 1.165) is 11.1 Å². The average Bonchev–Trinajstić information content (AvgIpc) is 3.22. The topological polar surface area (TPSA) is 114 Å². The fourth-order valence-corrected chi connectivity index (χ4v) is 4.15. The highest BCUT2D eigenvalue weighted by Crippen LogP contribution is 2.30. The summed E-state index contributed by atoms with van der Waals surface area (Å²) in [5.74, 6) is -0.668. The Labute approximate surface area is 184 Å². The Balaban J connectivity index is 1.56. The lowest BCUT2D eigenvalue weighted by atomic mass is 9.90. The van der Waals surface area contributed by atoms with Crippen molar-refractivity contribution in [3.63, 3.8) is 0 Å². The fourth-order valence-electron chi connectivity index (χ4n) is 4.15. The molecule has 8 nitrogen and oxygen atoms in total. The Morgan fingerprint density at radius 2 is 2.03 bits per heavy atom. The summed E-state index contributed by atoms with van der Waals surface area (Å²) in [5.41, 5.74) is 6.67. The van der Waals surface area contributed by atoms with E-state index in [1.807, 2.05) is 6.07 Å². The van der Waals surface area contributed by atoms with Gasteiger partial charge in [-0.3, -0.25) is 14.9 Å². The maximum atomic E-state index is 13.9. The minimum absolute atomic E-state index is 0.00193. The summed E-state index contributed by atoms with van der Waals surface area (Å²) in [6.45, 7) is 3.89. The number of hydrogen-bond acceptors (Lipinski definition) is 5. The second-order valence-electron chi connectivity index (χ2n) is 8.01. The first-order valence-electron chi connectivity index (χ1n) is 10.1. The Hall–Kier alpha value is -3.88. The van der Waals surface area contributed by atoms with E-state index < -0.39 is 23.3 Å². The number of urea groups is 1. The lowest BCUT2D eigenvalue weighted by molar-refractivity contribution is -0.124. The molecule has 0 spiro atoms. The molecule has 4 rings (SSSR count). The van der Waals surface area contributed by atoms with Gasteiger partial charge in [-0.2, -0.15) is 0 Å². The van der Waals surface area contributed by atoms with Crippen LogP contribution in [-0.4, -0.2) is 41.9 Å². The highest BCUT2D eigenvalue weighted by atomic mass is 19.1. The monoisotopic (exact) mass is 438 g/mol. The van der Waals surface area contributed by atoms with Crippen molar-refractivity contribution in [2.45, 2.75) is 24.9 Å². The second kappa shape index (κ2) is 7.99. The highest BCUT2D eigenvalue weighted by molar-refractivity contribution is 6.08. The number of imide groups is 1. The molecule has 0 bridgehead atoms. The van der Waals surface area contributed by atoms with Crippen LogP contribution in [0.25, 0.3) is 5.70 Å². The number of rotatable bonds is 7. The lowest BCUT2D eigenvalue weighted by Gasteiger charge is -2.31. The predicted octanol–water partition coefficient (Wildman–Crippen LogP) is 1.93. The number of nitrogens with zero attached hydrogens (tertiary/aromatic N) is 1. The number of aryl methyl sites for hydroxylation is 1. The van der Waals surface area contributed by atoms with Gasteiger partial charge in [-0.15, -0.1) is 0 Å². The molecule has 4 amide bonds. The van der Waals surface area contributed by atoms with Crippen molar-refractivity contribution in [1.82, 2.24) is 15.5 Å². The summed E-state index contributed by atoms with van der Waals surface area (Å²) < 4.78 is 19.1. The molecule has 0 unspecified atom stereocenters. The van der Waals surface area contributed by atoms with Gasteiger partial charge in [0.1, 0.15) is 17.1 Å². The Kier molecular flexibility index (Phi) is 5.33. The zero-order valence-corrected chi connectivity index (χ0v) is 17.5. The number of nitrogens with one attached hydrogen (secondary N) is 2. The van der Waals surface area contributed by atoms with Crippen molar-refractivity contribution < 1.29 is 23.5 Å². The number of ether oxygens (including phenoxy) is 1. The fraction of sp³-hybridized carbons (Fsp3) is 0.261. The van der Waals surface area contributed by atoms with E-state index in [9.17, 15) is 18.8 Å². The van der Waals surface area contributed by atoms with Crippen molar-refractivity contribution in [1.29, 1.82) is 0 Å². The van der Waals surface area contributed by atoms with Crippen LogP contribution in [0.1, 0.15) is 33.5 Å². The van der Waals surface area contributed by atoms with Gasteiger partial charge in [0.2, 0.25) is 0 Å². The van der Waals surface area contributed by atoms with Crippen LogP contribution in [0.2, 0.25) is 0 Å². The Bertz CT molecular complexity index is 1150. The number of carbonyl (C=O) groups is 3. The van der Waals surface area contributed by atoms with Crippen LogP contribution in [0, 0.1) is 5.82 Å². The van der Waals surface area contributed by atoms with Crippen LogP contribution < -0.4 is 21.1 Å². The van der Waals surface area contributed by atoms with Crippen molar-refractivity contribution in [2.24, 2.45) is 5.73 Å². The van der Waals surface area contributed by atoms with Gasteiger partial charge in [0.05, 0.1) is 13.7 Å². The van der Waals surface area contributed by atoms with E-state index in [0.29, 0.717) is 24.3 Å². The van der Waals surface area contributed by atoms with Gasteiger partial charge in [-0.05, 0) is 48.2 Å². The van der Waals surface area contributed by atoms with Crippen LogP contribution in [0.4, 0.5) is 9.18 Å². The summed E-state index contributed by atoms with van der Waals surface area (Å²) in [5, 5.41) is 4.97. The molecule has 1 fully saturated rings. The minimum atomic E-state index is -1.31. The number of fused-ring (bicyclic) bond motifs is 1. The summed E-state index contributed by atoms with van der Waals surface area (Å²) in [4.78, 5) is 39.3. The van der Waals surface area contributed by atoms with E-state index in [1.165, 1.54) is 18.1 Å². The normalized spacial score (nSPS) is 19.6. The number of halogens is 1. The van der Waals surface area contributed by atoms with Gasteiger partial charge in [0, 0.05) is 23.4 Å². The van der Waals surface area contributed by atoms with E-state index in [1.54, 1.807) is 24.3 Å². The molecule has 1 atom stereocenters. The molecule has 9 heteroatoms. The highest BCUT2D eigenvalue weighted by Gasteiger charge is 2.48. The van der Waals surface area contributed by atoms with Gasteiger partial charge in [-0.1, -0.05) is 18.7 Å². The molecular formula is C23H23FN4O4. The molecule has 0 saturated carbocycles. The second-order valence-corrected chi connectivity index (χ2v) is 8.01. The van der Waals surface area contributed by atoms with Gasteiger partial charge in [0.25, 0.3) is 11.8 Å². The van der Waals surface area contributed by atoms with E-state index in [-0.39, 0.29) is 30.1 Å². The number of benzene rings is 2. The third-order valence-electron chi connectivity index (χ3n) is 5.89. The first kappa shape index (κ1) is 21.4. The predicted molar refractivity (Wildman–Crippen MR) is 115 cm³/mol. The molecule has 2 aromatic rings. The summed E-state index contributed by atoms with van der Waals surface area (Å²) in [7, 11) is 1.52. The van der Waals surface area contributed by atoms with E-state index >= 15 is 0 Å². The van der Waals surface area contributed by atoms with Crippen molar-refractivity contribution in [3.8, 4) is 5.75 Å².